The summed E-state index contributed by atoms with van der Waals surface area (Å²) in [6.45, 7) is 7.04. The monoisotopic (exact) mass is 368 g/mol. The van der Waals surface area contributed by atoms with Crippen LogP contribution in [0.3, 0.4) is 0 Å². The molecule has 1 aliphatic heterocycles. The number of rotatable bonds is 5. The summed E-state index contributed by atoms with van der Waals surface area (Å²) in [5.74, 6) is 1.58. The Hall–Kier alpha value is -2.70. The molecule has 1 aliphatic rings. The van der Waals surface area contributed by atoms with Crippen LogP contribution in [0, 0.1) is 6.92 Å². The number of carbonyl (C=O) groups is 1. The van der Waals surface area contributed by atoms with Crippen molar-refractivity contribution >= 4 is 17.7 Å². The quantitative estimate of drug-likeness (QED) is 0.875. The van der Waals surface area contributed by atoms with Crippen LogP contribution in [0.4, 0.5) is 11.8 Å². The second kappa shape index (κ2) is 7.90. The molecule has 27 heavy (non-hydrogen) atoms. The van der Waals surface area contributed by atoms with E-state index in [-0.39, 0.29) is 11.9 Å². The van der Waals surface area contributed by atoms with Crippen LogP contribution in [0.15, 0.2) is 18.3 Å². The molecule has 2 aromatic heterocycles. The minimum Gasteiger partial charge on any atom is -0.361 e. The van der Waals surface area contributed by atoms with E-state index in [1.807, 2.05) is 36.2 Å². The van der Waals surface area contributed by atoms with E-state index < -0.39 is 0 Å². The molecule has 3 rings (SSSR count). The summed E-state index contributed by atoms with van der Waals surface area (Å²) < 4.78 is 0. The van der Waals surface area contributed by atoms with Gasteiger partial charge in [0.1, 0.15) is 5.82 Å². The van der Waals surface area contributed by atoms with Gasteiger partial charge in [-0.1, -0.05) is 6.92 Å². The number of carbonyl (C=O) groups excluding carboxylic acids is 1. The van der Waals surface area contributed by atoms with Crippen molar-refractivity contribution in [3.05, 3.63) is 40.8 Å². The first-order chi connectivity index (χ1) is 12.9. The Morgan fingerprint density at radius 2 is 2.15 bits per heavy atom. The van der Waals surface area contributed by atoms with Crippen LogP contribution >= 0.6 is 0 Å². The van der Waals surface area contributed by atoms with Gasteiger partial charge in [-0.15, -0.1) is 0 Å². The summed E-state index contributed by atoms with van der Waals surface area (Å²) in [5.41, 5.74) is 4.22. The Bertz CT molecular complexity index is 835. The Kier molecular flexibility index (Phi) is 5.58. The van der Waals surface area contributed by atoms with Crippen LogP contribution in [0.2, 0.25) is 0 Å². The van der Waals surface area contributed by atoms with Crippen molar-refractivity contribution in [1.82, 2.24) is 19.9 Å². The first-order valence-electron chi connectivity index (χ1n) is 9.40. The second-order valence-electron chi connectivity index (χ2n) is 7.25. The van der Waals surface area contributed by atoms with Gasteiger partial charge in [0.05, 0.1) is 24.0 Å². The van der Waals surface area contributed by atoms with Crippen LogP contribution in [0.5, 0.6) is 0 Å². The summed E-state index contributed by atoms with van der Waals surface area (Å²) in [6, 6.07) is 4.19. The number of pyridine rings is 1. The maximum atomic E-state index is 11.8. The zero-order valence-electron chi connectivity index (χ0n) is 16.8. The summed E-state index contributed by atoms with van der Waals surface area (Å²) in [7, 11) is 3.85. The first-order valence-corrected chi connectivity index (χ1v) is 9.40. The van der Waals surface area contributed by atoms with Crippen LogP contribution < -0.4 is 10.2 Å². The third-order valence-corrected chi connectivity index (χ3v) is 4.91. The molecule has 0 saturated heterocycles. The molecular formula is C20H28N6O. The molecule has 3 heterocycles. The second-order valence-corrected chi connectivity index (χ2v) is 7.25. The number of aromatic nitrogens is 3. The van der Waals surface area contributed by atoms with E-state index in [1.54, 1.807) is 6.92 Å². The van der Waals surface area contributed by atoms with Crippen molar-refractivity contribution in [2.75, 3.05) is 30.9 Å². The van der Waals surface area contributed by atoms with Gasteiger partial charge in [0.25, 0.3) is 0 Å². The molecule has 0 fully saturated rings. The van der Waals surface area contributed by atoms with Gasteiger partial charge in [-0.2, -0.15) is 4.98 Å². The third-order valence-electron chi connectivity index (χ3n) is 4.91. The highest BCUT2D eigenvalue weighted by atomic mass is 16.2. The average Bonchev–Trinajstić information content (AvgIpc) is 2.65. The molecule has 0 aromatic carbocycles. The highest BCUT2D eigenvalue weighted by Crippen LogP contribution is 2.29. The van der Waals surface area contributed by atoms with Gasteiger partial charge >= 0.3 is 0 Å². The van der Waals surface area contributed by atoms with Gasteiger partial charge in [0, 0.05) is 39.3 Å². The largest absolute Gasteiger partial charge is 0.361 e. The Morgan fingerprint density at radius 1 is 1.37 bits per heavy atom. The van der Waals surface area contributed by atoms with Crippen LogP contribution in [0.1, 0.15) is 48.8 Å². The fourth-order valence-corrected chi connectivity index (χ4v) is 3.31. The molecule has 0 bridgehead atoms. The van der Waals surface area contributed by atoms with Crippen molar-refractivity contribution in [2.24, 2.45) is 0 Å². The molecule has 0 saturated carbocycles. The molecule has 0 aliphatic carbocycles. The molecule has 144 valence electrons. The van der Waals surface area contributed by atoms with Crippen molar-refractivity contribution in [2.45, 2.75) is 46.2 Å². The maximum absolute atomic E-state index is 11.8. The molecule has 1 N–H and O–H groups in total. The van der Waals surface area contributed by atoms with Gasteiger partial charge in [-0.25, -0.2) is 4.98 Å². The number of hydrogen-bond donors (Lipinski definition) is 1. The SMILES string of the molecule is CC[C@H](Nc1nc(N(C)C)nc2c1CCN(C(C)=O)C2)c1cc(C)ccn1. The van der Waals surface area contributed by atoms with Gasteiger partial charge in [-0.05, 0) is 37.5 Å². The number of hydrogen-bond acceptors (Lipinski definition) is 6. The Balaban J connectivity index is 1.97. The number of fused-ring (bicyclic) bond motifs is 1. The normalized spacial score (nSPS) is 14.5. The van der Waals surface area contributed by atoms with Crippen LogP contribution in [-0.4, -0.2) is 46.4 Å². The molecule has 1 atom stereocenters. The lowest BCUT2D eigenvalue weighted by Crippen LogP contribution is -2.36. The number of nitrogens with one attached hydrogen (secondary N) is 1. The highest BCUT2D eigenvalue weighted by Gasteiger charge is 2.25. The van der Waals surface area contributed by atoms with Gasteiger partial charge < -0.3 is 15.1 Å². The van der Waals surface area contributed by atoms with Crippen molar-refractivity contribution < 1.29 is 4.79 Å². The van der Waals surface area contributed by atoms with Gasteiger partial charge in [-0.3, -0.25) is 9.78 Å². The predicted octanol–water partition coefficient (Wildman–Crippen LogP) is 2.71. The van der Waals surface area contributed by atoms with Crippen molar-refractivity contribution in [3.8, 4) is 0 Å². The molecule has 2 aromatic rings. The van der Waals surface area contributed by atoms with Gasteiger partial charge in [0.2, 0.25) is 11.9 Å². The predicted molar refractivity (Wildman–Crippen MR) is 107 cm³/mol. The molecule has 1 amide bonds. The van der Waals surface area contributed by atoms with E-state index in [9.17, 15) is 4.79 Å². The topological polar surface area (TPSA) is 74.2 Å². The van der Waals surface area contributed by atoms with Crippen molar-refractivity contribution in [1.29, 1.82) is 0 Å². The third kappa shape index (κ3) is 4.18. The molecular weight excluding hydrogens is 340 g/mol. The lowest BCUT2D eigenvalue weighted by molar-refractivity contribution is -0.129. The fraction of sp³-hybridized carbons (Fsp3) is 0.500. The number of amides is 1. The maximum Gasteiger partial charge on any atom is 0.227 e. The van der Waals surface area contributed by atoms with E-state index in [2.05, 4.69) is 30.2 Å². The molecule has 7 heteroatoms. The number of anilines is 2. The van der Waals surface area contributed by atoms with E-state index in [1.165, 1.54) is 5.56 Å². The van der Waals surface area contributed by atoms with E-state index in [4.69, 9.17) is 9.97 Å². The van der Waals surface area contributed by atoms with Gasteiger partial charge in [0.15, 0.2) is 0 Å². The summed E-state index contributed by atoms with van der Waals surface area (Å²) >= 11 is 0. The zero-order valence-corrected chi connectivity index (χ0v) is 16.8. The minimum atomic E-state index is 0.0738. The summed E-state index contributed by atoms with van der Waals surface area (Å²) in [4.78, 5) is 29.5. The zero-order chi connectivity index (χ0) is 19.6. The summed E-state index contributed by atoms with van der Waals surface area (Å²) in [6.07, 6.45) is 3.50. The van der Waals surface area contributed by atoms with E-state index in [0.717, 1.165) is 35.6 Å². The molecule has 0 radical (unpaired) electrons. The number of nitrogens with zero attached hydrogens (tertiary/aromatic N) is 5. The summed E-state index contributed by atoms with van der Waals surface area (Å²) in [5, 5.41) is 3.60. The number of aryl methyl sites for hydroxylation is 1. The average molecular weight is 368 g/mol. The molecule has 0 unspecified atom stereocenters. The Labute approximate surface area is 160 Å². The molecule has 0 spiro atoms. The van der Waals surface area contributed by atoms with Crippen molar-refractivity contribution in [3.63, 3.8) is 0 Å². The minimum absolute atomic E-state index is 0.0738. The fourth-order valence-electron chi connectivity index (χ4n) is 3.31. The lowest BCUT2D eigenvalue weighted by atomic mass is 10.0. The van der Waals surface area contributed by atoms with E-state index >= 15 is 0 Å². The highest BCUT2D eigenvalue weighted by molar-refractivity contribution is 5.73. The molecule has 7 nitrogen and oxygen atoms in total. The van der Waals surface area contributed by atoms with E-state index in [0.29, 0.717) is 19.0 Å². The standard InChI is InChI=1S/C20H28N6O/c1-6-16(17-11-13(2)7-9-21-17)22-19-15-8-10-26(14(3)27)12-18(15)23-20(24-19)25(4)5/h7,9,11,16H,6,8,10,12H2,1-5H3,(H,22,23,24)/t16-/m0/s1. The smallest absolute Gasteiger partial charge is 0.227 e. The Morgan fingerprint density at radius 3 is 2.78 bits per heavy atom. The first kappa shape index (κ1) is 19.1. The van der Waals surface area contributed by atoms with Crippen LogP contribution in [0.25, 0.3) is 0 Å². The van der Waals surface area contributed by atoms with Crippen LogP contribution in [-0.2, 0) is 17.8 Å². The lowest BCUT2D eigenvalue weighted by Gasteiger charge is -2.30.